The predicted molar refractivity (Wildman–Crippen MR) is 94.0 cm³/mol. The molecule has 0 saturated carbocycles. The monoisotopic (exact) mass is 343 g/mol. The average Bonchev–Trinajstić information content (AvgIpc) is 2.56. The number of carbonyl (C=O) groups is 2. The fourth-order valence-electron chi connectivity index (χ4n) is 2.28. The standard InChI is InChI=1S/C20H22FNO3/c1-12(2)18(22-19(23)15-6-8-16(21)9-7-15)20(24)25-17-10-5-13(3)14(4)11-17/h5-12,18H,1-4H3,(H,22,23)/t18-/m0/s1. The summed E-state index contributed by atoms with van der Waals surface area (Å²) in [6.45, 7) is 7.54. The number of hydrogen-bond donors (Lipinski definition) is 1. The van der Waals surface area contributed by atoms with Crippen LogP contribution in [0.15, 0.2) is 42.5 Å². The van der Waals surface area contributed by atoms with E-state index < -0.39 is 23.7 Å². The van der Waals surface area contributed by atoms with Crippen LogP contribution in [0.3, 0.4) is 0 Å². The lowest BCUT2D eigenvalue weighted by Crippen LogP contribution is -2.46. The second kappa shape index (κ2) is 7.92. The van der Waals surface area contributed by atoms with E-state index in [1.165, 1.54) is 24.3 Å². The molecule has 4 nitrogen and oxygen atoms in total. The van der Waals surface area contributed by atoms with Gasteiger partial charge < -0.3 is 10.1 Å². The van der Waals surface area contributed by atoms with Crippen molar-refractivity contribution in [2.75, 3.05) is 0 Å². The Balaban J connectivity index is 2.11. The number of rotatable bonds is 5. The van der Waals surface area contributed by atoms with Crippen LogP contribution in [0.5, 0.6) is 5.75 Å². The summed E-state index contributed by atoms with van der Waals surface area (Å²) >= 11 is 0. The Morgan fingerprint density at radius 1 is 1.00 bits per heavy atom. The second-order valence-corrected chi connectivity index (χ2v) is 6.37. The number of halogens is 1. The summed E-state index contributed by atoms with van der Waals surface area (Å²) in [5, 5.41) is 2.66. The minimum Gasteiger partial charge on any atom is -0.425 e. The van der Waals surface area contributed by atoms with E-state index in [2.05, 4.69) is 5.32 Å². The summed E-state index contributed by atoms with van der Waals surface area (Å²) in [6.07, 6.45) is 0. The number of aryl methyl sites for hydroxylation is 2. The molecular weight excluding hydrogens is 321 g/mol. The molecule has 1 atom stereocenters. The van der Waals surface area contributed by atoms with Crippen LogP contribution in [0.25, 0.3) is 0 Å². The van der Waals surface area contributed by atoms with E-state index in [9.17, 15) is 14.0 Å². The zero-order valence-corrected chi connectivity index (χ0v) is 14.8. The molecule has 2 aromatic rings. The van der Waals surface area contributed by atoms with Crippen LogP contribution in [0.4, 0.5) is 4.39 Å². The summed E-state index contributed by atoms with van der Waals surface area (Å²) in [5.41, 5.74) is 2.40. The first-order valence-corrected chi connectivity index (χ1v) is 8.13. The topological polar surface area (TPSA) is 55.4 Å². The molecule has 0 aromatic heterocycles. The van der Waals surface area contributed by atoms with E-state index >= 15 is 0 Å². The maximum absolute atomic E-state index is 13.0. The Hall–Kier alpha value is -2.69. The van der Waals surface area contributed by atoms with Crippen LogP contribution >= 0.6 is 0 Å². The quantitative estimate of drug-likeness (QED) is 0.663. The van der Waals surface area contributed by atoms with Gasteiger partial charge in [-0.25, -0.2) is 9.18 Å². The van der Waals surface area contributed by atoms with E-state index in [0.29, 0.717) is 5.75 Å². The Morgan fingerprint density at radius 3 is 2.20 bits per heavy atom. The van der Waals surface area contributed by atoms with Gasteiger partial charge in [-0.3, -0.25) is 4.79 Å². The largest absolute Gasteiger partial charge is 0.425 e. The highest BCUT2D eigenvalue weighted by Crippen LogP contribution is 2.18. The lowest BCUT2D eigenvalue weighted by atomic mass is 10.0. The molecule has 132 valence electrons. The first-order chi connectivity index (χ1) is 11.8. The van der Waals surface area contributed by atoms with E-state index in [4.69, 9.17) is 4.74 Å². The van der Waals surface area contributed by atoms with E-state index in [1.807, 2.05) is 33.8 Å². The van der Waals surface area contributed by atoms with Gasteiger partial charge in [-0.1, -0.05) is 19.9 Å². The van der Waals surface area contributed by atoms with Crippen molar-refractivity contribution in [2.24, 2.45) is 5.92 Å². The van der Waals surface area contributed by atoms with Gasteiger partial charge in [0.25, 0.3) is 5.91 Å². The third-order valence-electron chi connectivity index (χ3n) is 4.01. The average molecular weight is 343 g/mol. The van der Waals surface area contributed by atoms with Crippen molar-refractivity contribution in [3.05, 3.63) is 65.0 Å². The maximum atomic E-state index is 13.0. The highest BCUT2D eigenvalue weighted by molar-refractivity contribution is 5.97. The van der Waals surface area contributed by atoms with Gasteiger partial charge in [0.15, 0.2) is 0 Å². The first kappa shape index (κ1) is 18.6. The van der Waals surface area contributed by atoms with Crippen molar-refractivity contribution in [3.63, 3.8) is 0 Å². The number of benzene rings is 2. The molecular formula is C20H22FNO3. The van der Waals surface area contributed by atoms with Gasteiger partial charge >= 0.3 is 5.97 Å². The molecule has 0 spiro atoms. The smallest absolute Gasteiger partial charge is 0.334 e. The van der Waals surface area contributed by atoms with Gasteiger partial charge in [-0.2, -0.15) is 0 Å². The van der Waals surface area contributed by atoms with Crippen LogP contribution < -0.4 is 10.1 Å². The third-order valence-corrected chi connectivity index (χ3v) is 4.01. The molecule has 0 unspecified atom stereocenters. The van der Waals surface area contributed by atoms with Crippen LogP contribution in [0.1, 0.15) is 35.3 Å². The molecule has 25 heavy (non-hydrogen) atoms. The predicted octanol–water partition coefficient (Wildman–Crippen LogP) is 3.80. The lowest BCUT2D eigenvalue weighted by Gasteiger charge is -2.21. The number of amides is 1. The number of carbonyl (C=O) groups excluding carboxylic acids is 2. The summed E-state index contributed by atoms with van der Waals surface area (Å²) < 4.78 is 18.4. The van der Waals surface area contributed by atoms with Crippen LogP contribution in [0.2, 0.25) is 0 Å². The number of hydrogen-bond acceptors (Lipinski definition) is 3. The van der Waals surface area contributed by atoms with Crippen LogP contribution in [0, 0.1) is 25.6 Å². The summed E-state index contributed by atoms with van der Waals surface area (Å²) in [4.78, 5) is 24.8. The van der Waals surface area contributed by atoms with Gasteiger partial charge in [0.05, 0.1) is 0 Å². The van der Waals surface area contributed by atoms with Crippen LogP contribution in [-0.2, 0) is 4.79 Å². The molecule has 1 N–H and O–H groups in total. The molecule has 5 heteroatoms. The number of esters is 1. The number of nitrogens with one attached hydrogen (secondary N) is 1. The molecule has 0 aliphatic carbocycles. The number of ether oxygens (including phenoxy) is 1. The molecule has 0 radical (unpaired) electrons. The van der Waals surface area contributed by atoms with Crippen molar-refractivity contribution in [3.8, 4) is 5.75 Å². The Morgan fingerprint density at radius 2 is 1.64 bits per heavy atom. The van der Waals surface area contributed by atoms with Crippen molar-refractivity contribution in [1.29, 1.82) is 0 Å². The van der Waals surface area contributed by atoms with Crippen molar-refractivity contribution < 1.29 is 18.7 Å². The zero-order chi connectivity index (χ0) is 18.6. The van der Waals surface area contributed by atoms with Gasteiger partial charge in [-0.15, -0.1) is 0 Å². The Bertz CT molecular complexity index is 769. The van der Waals surface area contributed by atoms with Crippen molar-refractivity contribution in [2.45, 2.75) is 33.7 Å². The fourth-order valence-corrected chi connectivity index (χ4v) is 2.28. The Kier molecular flexibility index (Phi) is 5.91. The zero-order valence-electron chi connectivity index (χ0n) is 14.8. The minimum absolute atomic E-state index is 0.163. The highest BCUT2D eigenvalue weighted by Gasteiger charge is 2.26. The molecule has 0 bridgehead atoms. The maximum Gasteiger partial charge on any atom is 0.334 e. The molecule has 0 fully saturated rings. The minimum atomic E-state index is -0.806. The molecule has 0 aliphatic rings. The van der Waals surface area contributed by atoms with Crippen LogP contribution in [-0.4, -0.2) is 17.9 Å². The van der Waals surface area contributed by atoms with Crippen molar-refractivity contribution >= 4 is 11.9 Å². The van der Waals surface area contributed by atoms with Gasteiger partial charge in [0.2, 0.25) is 0 Å². The Labute approximate surface area is 147 Å². The summed E-state index contributed by atoms with van der Waals surface area (Å²) in [7, 11) is 0. The molecule has 2 rings (SSSR count). The summed E-state index contributed by atoms with van der Waals surface area (Å²) in [6, 6.07) is 9.72. The van der Waals surface area contributed by atoms with Gasteiger partial charge in [-0.05, 0) is 67.3 Å². The lowest BCUT2D eigenvalue weighted by molar-refractivity contribution is -0.137. The summed E-state index contributed by atoms with van der Waals surface area (Å²) in [5.74, 6) is -1.13. The third kappa shape index (κ3) is 4.89. The molecule has 0 saturated heterocycles. The molecule has 1 amide bonds. The molecule has 0 heterocycles. The first-order valence-electron chi connectivity index (χ1n) is 8.13. The molecule has 0 aliphatic heterocycles. The SMILES string of the molecule is Cc1ccc(OC(=O)[C@@H](NC(=O)c2ccc(F)cc2)C(C)C)cc1C. The van der Waals surface area contributed by atoms with E-state index in [-0.39, 0.29) is 11.5 Å². The van der Waals surface area contributed by atoms with E-state index in [1.54, 1.807) is 12.1 Å². The fraction of sp³-hybridized carbons (Fsp3) is 0.300. The van der Waals surface area contributed by atoms with Crippen molar-refractivity contribution in [1.82, 2.24) is 5.32 Å². The second-order valence-electron chi connectivity index (χ2n) is 6.37. The van der Waals surface area contributed by atoms with E-state index in [0.717, 1.165) is 11.1 Å². The molecule has 2 aromatic carbocycles. The highest BCUT2D eigenvalue weighted by atomic mass is 19.1. The van der Waals surface area contributed by atoms with Gasteiger partial charge in [0, 0.05) is 5.56 Å². The van der Waals surface area contributed by atoms with Gasteiger partial charge in [0.1, 0.15) is 17.6 Å². The normalized spacial score (nSPS) is 11.9.